The summed E-state index contributed by atoms with van der Waals surface area (Å²) in [6, 6.07) is 12.5. The first-order valence-electron chi connectivity index (χ1n) is 6.08. The van der Waals surface area contributed by atoms with Gasteiger partial charge >= 0.3 is 0 Å². The number of benzene rings is 2. The van der Waals surface area contributed by atoms with Gasteiger partial charge in [0.2, 0.25) is 0 Å². The van der Waals surface area contributed by atoms with Gasteiger partial charge in [0.15, 0.2) is 5.78 Å². The maximum atomic E-state index is 12.6. The zero-order chi connectivity index (χ0) is 14.1. The van der Waals surface area contributed by atoms with Crippen molar-refractivity contribution in [1.29, 1.82) is 0 Å². The lowest BCUT2D eigenvalue weighted by Gasteiger charge is -2.06. The van der Waals surface area contributed by atoms with E-state index in [0.29, 0.717) is 21.8 Å². The number of carbonyl (C=O) groups is 1. The fourth-order valence-corrected chi connectivity index (χ4v) is 2.44. The number of carbonyl (C=O) groups excluding carboxylic acids is 1. The van der Waals surface area contributed by atoms with Gasteiger partial charge in [-0.25, -0.2) is 0 Å². The Hall–Kier alpha value is -2.39. The average molecular weight is 283 g/mol. The number of nitrogens with zero attached hydrogens (tertiary/aromatic N) is 1. The number of ketones is 1. The molecule has 4 heteroatoms. The average Bonchev–Trinajstić information content (AvgIpc) is 2.45. The van der Waals surface area contributed by atoms with E-state index in [1.807, 2.05) is 24.3 Å². The van der Waals surface area contributed by atoms with E-state index in [2.05, 4.69) is 4.98 Å². The van der Waals surface area contributed by atoms with Crippen LogP contribution >= 0.6 is 11.6 Å². The van der Waals surface area contributed by atoms with Crippen molar-refractivity contribution in [2.45, 2.75) is 0 Å². The number of hydrogen-bond donors (Lipinski definition) is 1. The highest BCUT2D eigenvalue weighted by Crippen LogP contribution is 2.23. The molecular weight excluding hydrogens is 272 g/mol. The molecule has 0 saturated carbocycles. The van der Waals surface area contributed by atoms with Crippen LogP contribution in [0.15, 0.2) is 54.9 Å². The molecule has 0 aliphatic rings. The van der Waals surface area contributed by atoms with Crippen molar-refractivity contribution in [3.05, 3.63) is 71.0 Å². The predicted octanol–water partition coefficient (Wildman–Crippen LogP) is 3.70. The first-order chi connectivity index (χ1) is 9.65. The van der Waals surface area contributed by atoms with E-state index in [-0.39, 0.29) is 5.78 Å². The summed E-state index contributed by atoms with van der Waals surface area (Å²) < 4.78 is 0. The van der Waals surface area contributed by atoms with Crippen molar-refractivity contribution >= 4 is 33.8 Å². The third kappa shape index (κ3) is 2.24. The van der Waals surface area contributed by atoms with Crippen molar-refractivity contribution in [2.24, 2.45) is 0 Å². The summed E-state index contributed by atoms with van der Waals surface area (Å²) in [7, 11) is 0. The monoisotopic (exact) mass is 282 g/mol. The molecule has 1 heterocycles. The van der Waals surface area contributed by atoms with E-state index in [0.717, 1.165) is 10.8 Å². The van der Waals surface area contributed by atoms with Crippen molar-refractivity contribution in [3.63, 3.8) is 0 Å². The molecule has 1 aromatic heterocycles. The number of rotatable bonds is 2. The molecule has 0 saturated heterocycles. The maximum absolute atomic E-state index is 12.6. The molecule has 20 heavy (non-hydrogen) atoms. The zero-order valence-electron chi connectivity index (χ0n) is 10.5. The van der Waals surface area contributed by atoms with Gasteiger partial charge in [-0.15, -0.1) is 0 Å². The normalized spacial score (nSPS) is 10.7. The van der Waals surface area contributed by atoms with Gasteiger partial charge in [-0.05, 0) is 23.6 Å². The van der Waals surface area contributed by atoms with Crippen LogP contribution < -0.4 is 5.73 Å². The van der Waals surface area contributed by atoms with Crippen molar-refractivity contribution in [2.75, 3.05) is 5.73 Å². The quantitative estimate of drug-likeness (QED) is 0.576. The van der Waals surface area contributed by atoms with Crippen LogP contribution in [-0.4, -0.2) is 10.8 Å². The molecular formula is C16H11ClN2O. The van der Waals surface area contributed by atoms with Crippen LogP contribution in [0.3, 0.4) is 0 Å². The summed E-state index contributed by atoms with van der Waals surface area (Å²) >= 11 is 5.95. The van der Waals surface area contributed by atoms with Crippen LogP contribution in [-0.2, 0) is 0 Å². The molecule has 0 bridgehead atoms. The van der Waals surface area contributed by atoms with Crippen molar-refractivity contribution in [3.8, 4) is 0 Å². The maximum Gasteiger partial charge on any atom is 0.195 e. The van der Waals surface area contributed by atoms with Crippen LogP contribution in [0.2, 0.25) is 5.02 Å². The molecule has 2 N–H and O–H groups in total. The standard InChI is InChI=1S/C16H11ClN2O/c17-12-5-11(6-13(18)7-12)16(20)15-9-19-8-10-3-1-2-4-14(10)15/h1-9H,18H2. The van der Waals surface area contributed by atoms with E-state index >= 15 is 0 Å². The number of aromatic nitrogens is 1. The van der Waals surface area contributed by atoms with Gasteiger partial charge in [0.25, 0.3) is 0 Å². The lowest BCUT2D eigenvalue weighted by atomic mass is 9.99. The van der Waals surface area contributed by atoms with E-state index < -0.39 is 0 Å². The fourth-order valence-electron chi connectivity index (χ4n) is 2.20. The fraction of sp³-hybridized carbons (Fsp3) is 0. The molecule has 0 fully saturated rings. The van der Waals surface area contributed by atoms with Gasteiger partial charge in [-0.3, -0.25) is 9.78 Å². The number of halogens is 1. The molecule has 2 aromatic carbocycles. The third-order valence-electron chi connectivity index (χ3n) is 3.10. The smallest absolute Gasteiger partial charge is 0.195 e. The lowest BCUT2D eigenvalue weighted by molar-refractivity contribution is 0.104. The topological polar surface area (TPSA) is 56.0 Å². The third-order valence-corrected chi connectivity index (χ3v) is 3.31. The Balaban J connectivity index is 2.17. The highest BCUT2D eigenvalue weighted by molar-refractivity contribution is 6.31. The molecule has 0 aliphatic heterocycles. The number of nitrogen functional groups attached to an aromatic ring is 1. The van der Waals surface area contributed by atoms with Crippen molar-refractivity contribution < 1.29 is 4.79 Å². The van der Waals surface area contributed by atoms with Gasteiger partial charge in [0.05, 0.1) is 0 Å². The molecule has 3 aromatic rings. The molecule has 0 atom stereocenters. The van der Waals surface area contributed by atoms with Gasteiger partial charge < -0.3 is 5.73 Å². The van der Waals surface area contributed by atoms with E-state index in [1.54, 1.807) is 30.6 Å². The Kier molecular flexibility index (Phi) is 3.12. The molecule has 0 amide bonds. The first-order valence-corrected chi connectivity index (χ1v) is 6.46. The Labute approximate surface area is 121 Å². The summed E-state index contributed by atoms with van der Waals surface area (Å²) in [6.07, 6.45) is 3.31. The Morgan fingerprint density at radius 3 is 2.70 bits per heavy atom. The van der Waals surface area contributed by atoms with Crippen molar-refractivity contribution in [1.82, 2.24) is 4.98 Å². The minimum Gasteiger partial charge on any atom is -0.399 e. The predicted molar refractivity (Wildman–Crippen MR) is 81.0 cm³/mol. The van der Waals surface area contributed by atoms with Gasteiger partial charge in [-0.1, -0.05) is 35.9 Å². The number of pyridine rings is 1. The van der Waals surface area contributed by atoms with E-state index in [1.165, 1.54) is 0 Å². The Morgan fingerprint density at radius 2 is 1.90 bits per heavy atom. The zero-order valence-corrected chi connectivity index (χ0v) is 11.3. The number of hydrogen-bond acceptors (Lipinski definition) is 3. The molecule has 0 radical (unpaired) electrons. The lowest BCUT2D eigenvalue weighted by Crippen LogP contribution is -2.04. The van der Waals surface area contributed by atoms with Crippen LogP contribution in [0.5, 0.6) is 0 Å². The van der Waals surface area contributed by atoms with Crippen LogP contribution in [0.4, 0.5) is 5.69 Å². The van der Waals surface area contributed by atoms with Crippen LogP contribution in [0.1, 0.15) is 15.9 Å². The molecule has 0 unspecified atom stereocenters. The molecule has 0 spiro atoms. The minimum atomic E-state index is -0.136. The van der Waals surface area contributed by atoms with Crippen LogP contribution in [0, 0.1) is 0 Å². The summed E-state index contributed by atoms with van der Waals surface area (Å²) in [5.74, 6) is -0.136. The highest BCUT2D eigenvalue weighted by Gasteiger charge is 2.14. The van der Waals surface area contributed by atoms with Crippen LogP contribution in [0.25, 0.3) is 10.8 Å². The number of nitrogens with two attached hydrogens (primary N) is 1. The second kappa shape index (κ2) is 4.94. The minimum absolute atomic E-state index is 0.136. The summed E-state index contributed by atoms with van der Waals surface area (Å²) in [5.41, 5.74) is 7.21. The SMILES string of the molecule is Nc1cc(Cl)cc(C(=O)c2cncc3ccccc23)c1. The number of anilines is 1. The van der Waals surface area contributed by atoms with Gasteiger partial charge in [0.1, 0.15) is 0 Å². The highest BCUT2D eigenvalue weighted by atomic mass is 35.5. The second-order valence-electron chi connectivity index (χ2n) is 4.51. The summed E-state index contributed by atoms with van der Waals surface area (Å²) in [5, 5.41) is 2.24. The molecule has 3 rings (SSSR count). The Bertz CT molecular complexity index is 789. The van der Waals surface area contributed by atoms with E-state index in [4.69, 9.17) is 17.3 Å². The summed E-state index contributed by atoms with van der Waals surface area (Å²) in [4.78, 5) is 16.7. The summed E-state index contributed by atoms with van der Waals surface area (Å²) in [6.45, 7) is 0. The van der Waals surface area contributed by atoms with E-state index in [9.17, 15) is 4.79 Å². The molecule has 98 valence electrons. The Morgan fingerprint density at radius 1 is 1.10 bits per heavy atom. The molecule has 3 nitrogen and oxygen atoms in total. The van der Waals surface area contributed by atoms with Gasteiger partial charge in [-0.2, -0.15) is 0 Å². The molecule has 0 aliphatic carbocycles. The second-order valence-corrected chi connectivity index (χ2v) is 4.95. The first kappa shape index (κ1) is 12.6. The number of fused-ring (bicyclic) bond motifs is 1. The van der Waals surface area contributed by atoms with Gasteiger partial charge in [0, 0.05) is 39.6 Å². The largest absolute Gasteiger partial charge is 0.399 e.